The third-order valence-corrected chi connectivity index (χ3v) is 5.02. The monoisotopic (exact) mass is 368 g/mol. The van der Waals surface area contributed by atoms with Gasteiger partial charge in [0.2, 0.25) is 0 Å². The van der Waals surface area contributed by atoms with Crippen molar-refractivity contribution in [3.05, 3.63) is 65.2 Å². The third kappa shape index (κ3) is 5.47. The van der Waals surface area contributed by atoms with Gasteiger partial charge in [0.25, 0.3) is 0 Å². The average molecular weight is 368 g/mol. The third-order valence-electron chi connectivity index (χ3n) is 5.02. The standard InChI is InChI=1S/C22H28N2O3/c1-17(2)20-7-9-21(10-8-20)27-16-19-5-3-18(4-6-19)15-23-11-13-24(14-12-23)22(25)26/h3-10,17H,11-16H2,1-2H3,(H,25,26). The second kappa shape index (κ2) is 8.91. The van der Waals surface area contributed by atoms with E-state index >= 15 is 0 Å². The van der Waals surface area contributed by atoms with Crippen LogP contribution in [-0.2, 0) is 13.2 Å². The van der Waals surface area contributed by atoms with Crippen LogP contribution in [0.5, 0.6) is 5.75 Å². The Morgan fingerprint density at radius 2 is 1.56 bits per heavy atom. The van der Waals surface area contributed by atoms with Crippen molar-refractivity contribution in [3.8, 4) is 5.75 Å². The highest BCUT2D eigenvalue weighted by atomic mass is 16.5. The minimum atomic E-state index is -0.821. The zero-order chi connectivity index (χ0) is 19.2. The lowest BCUT2D eigenvalue weighted by Gasteiger charge is -2.33. The van der Waals surface area contributed by atoms with Gasteiger partial charge in [0.15, 0.2) is 0 Å². The summed E-state index contributed by atoms with van der Waals surface area (Å²) in [5.41, 5.74) is 3.70. The van der Waals surface area contributed by atoms with Crippen LogP contribution in [0, 0.1) is 0 Å². The second-order valence-corrected chi connectivity index (χ2v) is 7.37. The van der Waals surface area contributed by atoms with E-state index in [9.17, 15) is 4.79 Å². The molecule has 0 radical (unpaired) electrons. The maximum Gasteiger partial charge on any atom is 0.407 e. The van der Waals surface area contributed by atoms with E-state index in [2.05, 4.69) is 55.1 Å². The summed E-state index contributed by atoms with van der Waals surface area (Å²) in [5.74, 6) is 1.42. The van der Waals surface area contributed by atoms with Gasteiger partial charge >= 0.3 is 6.09 Å². The van der Waals surface area contributed by atoms with Gasteiger partial charge in [0, 0.05) is 32.7 Å². The van der Waals surface area contributed by atoms with Crippen molar-refractivity contribution < 1.29 is 14.6 Å². The maximum atomic E-state index is 11.0. The molecule has 0 spiro atoms. The van der Waals surface area contributed by atoms with Crippen LogP contribution in [0.25, 0.3) is 0 Å². The first-order valence-corrected chi connectivity index (χ1v) is 9.52. The summed E-state index contributed by atoms with van der Waals surface area (Å²) in [6.45, 7) is 8.50. The van der Waals surface area contributed by atoms with Gasteiger partial charge in [-0.15, -0.1) is 0 Å². The average Bonchev–Trinajstić information content (AvgIpc) is 2.68. The lowest BCUT2D eigenvalue weighted by molar-refractivity contribution is 0.103. The van der Waals surface area contributed by atoms with Crippen LogP contribution in [0.15, 0.2) is 48.5 Å². The lowest BCUT2D eigenvalue weighted by Crippen LogP contribution is -2.47. The Hall–Kier alpha value is -2.53. The molecular weight excluding hydrogens is 340 g/mol. The lowest BCUT2D eigenvalue weighted by atomic mass is 10.0. The molecule has 2 aromatic carbocycles. The summed E-state index contributed by atoms with van der Waals surface area (Å²) >= 11 is 0. The molecule has 0 saturated carbocycles. The van der Waals surface area contributed by atoms with E-state index in [-0.39, 0.29) is 0 Å². The number of carbonyl (C=O) groups is 1. The van der Waals surface area contributed by atoms with Gasteiger partial charge in [-0.1, -0.05) is 50.2 Å². The summed E-state index contributed by atoms with van der Waals surface area (Å²) in [5, 5.41) is 9.01. The van der Waals surface area contributed by atoms with Crippen molar-refractivity contribution in [2.24, 2.45) is 0 Å². The second-order valence-electron chi connectivity index (χ2n) is 7.37. The van der Waals surface area contributed by atoms with Crippen LogP contribution in [0.3, 0.4) is 0 Å². The molecule has 1 saturated heterocycles. The van der Waals surface area contributed by atoms with Crippen LogP contribution >= 0.6 is 0 Å². The number of nitrogens with zero attached hydrogens (tertiary/aromatic N) is 2. The molecule has 1 aliphatic rings. The van der Waals surface area contributed by atoms with Gasteiger partial charge < -0.3 is 14.7 Å². The van der Waals surface area contributed by atoms with Crippen molar-refractivity contribution in [3.63, 3.8) is 0 Å². The summed E-state index contributed by atoms with van der Waals surface area (Å²) < 4.78 is 5.88. The Morgan fingerprint density at radius 1 is 0.963 bits per heavy atom. The molecule has 1 fully saturated rings. The molecule has 144 valence electrons. The predicted octanol–water partition coefficient (Wildman–Crippen LogP) is 4.18. The first-order valence-electron chi connectivity index (χ1n) is 9.52. The van der Waals surface area contributed by atoms with Crippen LogP contribution < -0.4 is 4.74 Å². The van der Waals surface area contributed by atoms with Gasteiger partial charge in [0.1, 0.15) is 12.4 Å². The Bertz CT molecular complexity index is 733. The zero-order valence-electron chi connectivity index (χ0n) is 16.1. The van der Waals surface area contributed by atoms with Gasteiger partial charge in [0.05, 0.1) is 0 Å². The number of ether oxygens (including phenoxy) is 1. The van der Waals surface area contributed by atoms with Crippen LogP contribution in [0.4, 0.5) is 4.79 Å². The summed E-state index contributed by atoms with van der Waals surface area (Å²) in [7, 11) is 0. The van der Waals surface area contributed by atoms with Crippen molar-refractivity contribution in [1.29, 1.82) is 0 Å². The molecule has 0 bridgehead atoms. The number of rotatable bonds is 6. The molecule has 0 aromatic heterocycles. The van der Waals surface area contributed by atoms with Crippen molar-refractivity contribution in [2.45, 2.75) is 32.9 Å². The Balaban J connectivity index is 1.47. The van der Waals surface area contributed by atoms with Crippen LogP contribution in [0.2, 0.25) is 0 Å². The smallest absolute Gasteiger partial charge is 0.407 e. The fraction of sp³-hybridized carbons (Fsp3) is 0.409. The van der Waals surface area contributed by atoms with E-state index in [0.717, 1.165) is 30.9 Å². The van der Waals surface area contributed by atoms with Crippen molar-refractivity contribution in [1.82, 2.24) is 9.80 Å². The van der Waals surface area contributed by atoms with Crippen molar-refractivity contribution >= 4 is 6.09 Å². The quantitative estimate of drug-likeness (QED) is 0.831. The highest BCUT2D eigenvalue weighted by Gasteiger charge is 2.20. The zero-order valence-corrected chi connectivity index (χ0v) is 16.1. The molecule has 5 nitrogen and oxygen atoms in total. The Kier molecular flexibility index (Phi) is 6.35. The highest BCUT2D eigenvalue weighted by molar-refractivity contribution is 5.65. The molecule has 1 N–H and O–H groups in total. The van der Waals surface area contributed by atoms with Crippen LogP contribution in [0.1, 0.15) is 36.5 Å². The van der Waals surface area contributed by atoms with Gasteiger partial charge in [-0.2, -0.15) is 0 Å². The first kappa shape index (κ1) is 19.2. The molecule has 2 aromatic rings. The van der Waals surface area contributed by atoms with Crippen LogP contribution in [-0.4, -0.2) is 47.2 Å². The van der Waals surface area contributed by atoms with E-state index in [1.165, 1.54) is 16.0 Å². The molecule has 1 aliphatic heterocycles. The topological polar surface area (TPSA) is 53.0 Å². The minimum absolute atomic E-state index is 0.527. The Labute approximate surface area is 161 Å². The van der Waals surface area contributed by atoms with Gasteiger partial charge in [-0.3, -0.25) is 4.90 Å². The maximum absolute atomic E-state index is 11.0. The molecule has 1 amide bonds. The number of hydrogen-bond acceptors (Lipinski definition) is 3. The van der Waals surface area contributed by atoms with E-state index in [1.54, 1.807) is 0 Å². The number of hydrogen-bond donors (Lipinski definition) is 1. The number of piperazine rings is 1. The molecule has 0 atom stereocenters. The number of carboxylic acid groups (broad SMARTS) is 1. The summed E-state index contributed by atoms with van der Waals surface area (Å²) in [6, 6.07) is 16.8. The molecule has 1 heterocycles. The molecule has 5 heteroatoms. The first-order chi connectivity index (χ1) is 13.0. The van der Waals surface area contributed by atoms with E-state index in [4.69, 9.17) is 9.84 Å². The fourth-order valence-corrected chi connectivity index (χ4v) is 3.21. The molecule has 0 unspecified atom stereocenters. The van der Waals surface area contributed by atoms with E-state index in [0.29, 0.717) is 25.6 Å². The van der Waals surface area contributed by atoms with E-state index in [1.807, 2.05) is 12.1 Å². The largest absolute Gasteiger partial charge is 0.489 e. The summed E-state index contributed by atoms with van der Waals surface area (Å²) in [6.07, 6.45) is -0.821. The van der Waals surface area contributed by atoms with E-state index < -0.39 is 6.09 Å². The SMILES string of the molecule is CC(C)c1ccc(OCc2ccc(CN3CCN(C(=O)O)CC3)cc2)cc1. The fourth-order valence-electron chi connectivity index (χ4n) is 3.21. The molecular formula is C22H28N2O3. The predicted molar refractivity (Wildman–Crippen MR) is 106 cm³/mol. The van der Waals surface area contributed by atoms with Gasteiger partial charge in [-0.25, -0.2) is 4.79 Å². The number of benzene rings is 2. The highest BCUT2D eigenvalue weighted by Crippen LogP contribution is 2.19. The normalized spacial score (nSPS) is 15.1. The minimum Gasteiger partial charge on any atom is -0.489 e. The van der Waals surface area contributed by atoms with Gasteiger partial charge in [-0.05, 0) is 34.7 Å². The Morgan fingerprint density at radius 3 is 2.11 bits per heavy atom. The number of amides is 1. The van der Waals surface area contributed by atoms with Crippen molar-refractivity contribution in [2.75, 3.05) is 26.2 Å². The summed E-state index contributed by atoms with van der Waals surface area (Å²) in [4.78, 5) is 14.7. The molecule has 27 heavy (non-hydrogen) atoms. The molecule has 0 aliphatic carbocycles. The molecule has 3 rings (SSSR count).